The van der Waals surface area contributed by atoms with Gasteiger partial charge in [0.05, 0.1) is 24.3 Å². The quantitative estimate of drug-likeness (QED) is 0.385. The predicted molar refractivity (Wildman–Crippen MR) is 156 cm³/mol. The molecule has 5 aliphatic rings. The molecule has 0 radical (unpaired) electrons. The molecular weight excluding hydrogens is 482 g/mol. The van der Waals surface area contributed by atoms with Crippen molar-refractivity contribution in [3.63, 3.8) is 0 Å². The number of rotatable bonds is 4. The average molecular weight is 536 g/mol. The topological polar surface area (TPSA) is 62.5 Å². The Balaban J connectivity index is 1.35. The SMILES string of the molecule is C=C(C)[C@@H]1CC[C@]2(C(=O)NCc3ccco3)CC[C@]3(C)[C@H](CC[C@@H]4[C@@]5(C)CC[C@H](O)C(C)(C)[C@@H]5CC[C@]43C)[C@@H]12. The first kappa shape index (κ1) is 27.6. The van der Waals surface area contributed by atoms with Crippen LogP contribution in [0.3, 0.4) is 0 Å². The Morgan fingerprint density at radius 1 is 0.974 bits per heavy atom. The van der Waals surface area contributed by atoms with Crippen LogP contribution in [0.1, 0.15) is 112 Å². The molecule has 5 fully saturated rings. The van der Waals surface area contributed by atoms with E-state index in [2.05, 4.69) is 53.4 Å². The van der Waals surface area contributed by atoms with Crippen molar-refractivity contribution in [2.45, 2.75) is 118 Å². The maximum Gasteiger partial charge on any atom is 0.226 e. The molecule has 1 aromatic rings. The van der Waals surface area contributed by atoms with Crippen LogP contribution in [0.15, 0.2) is 35.0 Å². The van der Waals surface area contributed by atoms with E-state index in [-0.39, 0.29) is 39.1 Å². The van der Waals surface area contributed by atoms with Crippen LogP contribution in [0, 0.1) is 56.7 Å². The Labute approximate surface area is 236 Å². The molecule has 39 heavy (non-hydrogen) atoms. The van der Waals surface area contributed by atoms with E-state index in [1.54, 1.807) is 6.26 Å². The molecule has 0 aliphatic heterocycles. The average Bonchev–Trinajstić information content (AvgIpc) is 3.54. The van der Waals surface area contributed by atoms with Crippen molar-refractivity contribution in [3.8, 4) is 0 Å². The molecule has 6 rings (SSSR count). The first-order valence-corrected chi connectivity index (χ1v) is 16.0. The molecule has 4 nitrogen and oxygen atoms in total. The standard InChI is InChI=1S/C35H53NO3/c1-22(2)24-12-17-35(30(38)36-21-23-9-8-20-39-23)19-18-33(6)25(29(24)35)10-11-27-32(5)15-14-28(37)31(3,4)26(32)13-16-34(27,33)7/h8-9,20,24-29,37H,1,10-19,21H2,2-7H3,(H,36,38)/t24-,25+,26-,27+,28-,29+,32-,33+,34+,35-/m0/s1. The summed E-state index contributed by atoms with van der Waals surface area (Å²) < 4.78 is 5.54. The molecule has 2 N–H and O–H groups in total. The minimum atomic E-state index is -0.290. The molecule has 0 spiro atoms. The molecule has 216 valence electrons. The Morgan fingerprint density at radius 3 is 2.44 bits per heavy atom. The molecular formula is C35H53NO3. The molecule has 5 aliphatic carbocycles. The number of aliphatic hydroxyl groups is 1. The van der Waals surface area contributed by atoms with E-state index in [9.17, 15) is 9.90 Å². The molecule has 0 unspecified atom stereocenters. The fourth-order valence-corrected chi connectivity index (χ4v) is 12.3. The third-order valence-corrected chi connectivity index (χ3v) is 14.5. The van der Waals surface area contributed by atoms with E-state index >= 15 is 0 Å². The number of nitrogens with one attached hydrogen (secondary N) is 1. The Hall–Kier alpha value is -1.55. The lowest BCUT2D eigenvalue weighted by atomic mass is 9.32. The molecule has 4 heteroatoms. The van der Waals surface area contributed by atoms with Crippen molar-refractivity contribution in [1.82, 2.24) is 5.32 Å². The first-order chi connectivity index (χ1) is 18.3. The van der Waals surface area contributed by atoms with E-state index in [0.29, 0.717) is 36.1 Å². The van der Waals surface area contributed by atoms with Crippen molar-refractivity contribution in [1.29, 1.82) is 0 Å². The van der Waals surface area contributed by atoms with Gasteiger partial charge in [-0.05, 0) is 135 Å². The van der Waals surface area contributed by atoms with Crippen LogP contribution in [0.25, 0.3) is 0 Å². The van der Waals surface area contributed by atoms with Crippen molar-refractivity contribution >= 4 is 5.91 Å². The lowest BCUT2D eigenvalue weighted by molar-refractivity contribution is -0.246. The number of hydrogen-bond acceptors (Lipinski definition) is 3. The summed E-state index contributed by atoms with van der Waals surface area (Å²) in [6.45, 7) is 19.7. The highest BCUT2D eigenvalue weighted by Gasteiger charge is 2.71. The Bertz CT molecular complexity index is 1120. The zero-order valence-corrected chi connectivity index (χ0v) is 25.4. The number of carbonyl (C=O) groups is 1. The second-order valence-corrected chi connectivity index (χ2v) is 16.0. The largest absolute Gasteiger partial charge is 0.467 e. The lowest BCUT2D eigenvalue weighted by Crippen LogP contribution is -2.67. The zero-order chi connectivity index (χ0) is 28.0. The highest BCUT2D eigenvalue weighted by molar-refractivity contribution is 5.83. The van der Waals surface area contributed by atoms with E-state index in [0.717, 1.165) is 44.3 Å². The van der Waals surface area contributed by atoms with Gasteiger partial charge in [-0.15, -0.1) is 0 Å². The zero-order valence-electron chi connectivity index (χ0n) is 25.4. The number of carbonyl (C=O) groups excluding carboxylic acids is 1. The molecule has 0 saturated heterocycles. The smallest absolute Gasteiger partial charge is 0.226 e. The third kappa shape index (κ3) is 3.61. The van der Waals surface area contributed by atoms with Gasteiger partial charge < -0.3 is 14.8 Å². The minimum Gasteiger partial charge on any atom is -0.467 e. The van der Waals surface area contributed by atoms with Gasteiger partial charge >= 0.3 is 0 Å². The summed E-state index contributed by atoms with van der Waals surface area (Å²) in [5.74, 6) is 3.69. The second kappa shape index (κ2) is 8.97. The van der Waals surface area contributed by atoms with Crippen molar-refractivity contribution in [2.24, 2.45) is 56.7 Å². The molecule has 5 saturated carbocycles. The van der Waals surface area contributed by atoms with Gasteiger partial charge in [0, 0.05) is 0 Å². The number of allylic oxidation sites excluding steroid dienone is 1. The van der Waals surface area contributed by atoms with Crippen LogP contribution in [0.5, 0.6) is 0 Å². The van der Waals surface area contributed by atoms with Crippen molar-refractivity contribution in [2.75, 3.05) is 0 Å². The van der Waals surface area contributed by atoms with Gasteiger partial charge in [-0.25, -0.2) is 0 Å². The predicted octanol–water partition coefficient (Wildman–Crippen LogP) is 7.91. The van der Waals surface area contributed by atoms with Crippen molar-refractivity contribution in [3.05, 3.63) is 36.3 Å². The summed E-state index contributed by atoms with van der Waals surface area (Å²) in [6, 6.07) is 3.84. The number of hydrogen-bond donors (Lipinski definition) is 2. The fraction of sp³-hybridized carbons (Fsp3) is 0.800. The highest BCUT2D eigenvalue weighted by atomic mass is 16.3. The summed E-state index contributed by atoms with van der Waals surface area (Å²) >= 11 is 0. The van der Waals surface area contributed by atoms with Gasteiger partial charge in [0.25, 0.3) is 0 Å². The van der Waals surface area contributed by atoms with E-state index in [4.69, 9.17) is 4.42 Å². The van der Waals surface area contributed by atoms with Gasteiger partial charge in [-0.1, -0.05) is 46.8 Å². The molecule has 1 aromatic heterocycles. The maximum absolute atomic E-state index is 14.1. The first-order valence-electron chi connectivity index (χ1n) is 16.0. The lowest BCUT2D eigenvalue weighted by Gasteiger charge is -2.72. The summed E-state index contributed by atoms with van der Waals surface area (Å²) in [5, 5.41) is 14.3. The van der Waals surface area contributed by atoms with Crippen molar-refractivity contribution < 1.29 is 14.3 Å². The molecule has 1 amide bonds. The molecule has 0 aromatic carbocycles. The number of amides is 1. The normalized spacial score (nSPS) is 48.3. The van der Waals surface area contributed by atoms with Gasteiger partial charge in [-0.2, -0.15) is 0 Å². The van der Waals surface area contributed by atoms with Gasteiger partial charge in [0.2, 0.25) is 5.91 Å². The van der Waals surface area contributed by atoms with Gasteiger partial charge in [-0.3, -0.25) is 4.79 Å². The summed E-state index contributed by atoms with van der Waals surface area (Å²) in [7, 11) is 0. The molecule has 0 bridgehead atoms. The molecule has 10 atom stereocenters. The Kier molecular flexibility index (Phi) is 6.35. The minimum absolute atomic E-state index is 0.0175. The van der Waals surface area contributed by atoms with Crippen LogP contribution in [0.4, 0.5) is 0 Å². The van der Waals surface area contributed by atoms with E-state index in [1.165, 1.54) is 31.3 Å². The highest BCUT2D eigenvalue weighted by Crippen LogP contribution is 2.77. The van der Waals surface area contributed by atoms with Crippen LogP contribution < -0.4 is 5.32 Å². The second-order valence-electron chi connectivity index (χ2n) is 16.0. The fourth-order valence-electron chi connectivity index (χ4n) is 12.3. The van der Waals surface area contributed by atoms with Crippen LogP contribution in [-0.4, -0.2) is 17.1 Å². The summed E-state index contributed by atoms with van der Waals surface area (Å²) in [4.78, 5) is 14.1. The van der Waals surface area contributed by atoms with Crippen LogP contribution in [-0.2, 0) is 11.3 Å². The number of furan rings is 1. The third-order valence-electron chi connectivity index (χ3n) is 14.5. The monoisotopic (exact) mass is 535 g/mol. The Morgan fingerprint density at radius 2 is 1.74 bits per heavy atom. The van der Waals surface area contributed by atoms with E-state index in [1.807, 2.05) is 12.1 Å². The van der Waals surface area contributed by atoms with Crippen LogP contribution >= 0.6 is 0 Å². The number of fused-ring (bicyclic) bond motifs is 7. The summed E-state index contributed by atoms with van der Waals surface area (Å²) in [5.41, 5.74) is 1.73. The molecule has 1 heterocycles. The summed E-state index contributed by atoms with van der Waals surface area (Å²) in [6.07, 6.45) is 12.8. The van der Waals surface area contributed by atoms with Gasteiger partial charge in [0.15, 0.2) is 0 Å². The maximum atomic E-state index is 14.1. The van der Waals surface area contributed by atoms with Crippen LogP contribution in [0.2, 0.25) is 0 Å². The van der Waals surface area contributed by atoms with Gasteiger partial charge in [0.1, 0.15) is 5.76 Å². The number of aliphatic hydroxyl groups excluding tert-OH is 1. The van der Waals surface area contributed by atoms with E-state index < -0.39 is 0 Å².